The number of aliphatic carboxylic acids is 1. The van der Waals surface area contributed by atoms with Gasteiger partial charge < -0.3 is 15.2 Å². The van der Waals surface area contributed by atoms with E-state index in [2.05, 4.69) is 33.4 Å². The number of carboxylic acid groups (broad SMARTS) is 1. The molecule has 3 aromatic carbocycles. The summed E-state index contributed by atoms with van der Waals surface area (Å²) in [5.74, 6) is -1.59. The minimum Gasteiger partial charge on any atom is -0.480 e. The first kappa shape index (κ1) is 28.2. The van der Waals surface area contributed by atoms with Crippen LogP contribution in [0.5, 0.6) is 5.75 Å². The van der Waals surface area contributed by atoms with E-state index in [0.29, 0.717) is 6.54 Å². The van der Waals surface area contributed by atoms with E-state index in [1.54, 1.807) is 0 Å². The number of amides is 1. The normalized spacial score (nSPS) is 11.2. The number of nitrogens with one attached hydrogen (secondary N) is 1. The van der Waals surface area contributed by atoms with Gasteiger partial charge in [0.2, 0.25) is 0 Å². The zero-order valence-electron chi connectivity index (χ0n) is 20.0. The summed E-state index contributed by atoms with van der Waals surface area (Å²) in [6.07, 6.45) is 0.284. The fraction of sp³-hybridized carbons (Fsp3) is 0.286. The number of carbonyl (C=O) groups excluding carboxylic acids is 1. The Kier molecular flexibility index (Phi) is 10.1. The van der Waals surface area contributed by atoms with Crippen molar-refractivity contribution >= 4 is 27.8 Å². The van der Waals surface area contributed by atoms with E-state index < -0.39 is 24.3 Å². The van der Waals surface area contributed by atoms with E-state index >= 15 is 0 Å². The van der Waals surface area contributed by atoms with Crippen LogP contribution in [0.1, 0.15) is 47.2 Å². The molecule has 0 aliphatic carbocycles. The van der Waals surface area contributed by atoms with Crippen molar-refractivity contribution in [2.24, 2.45) is 0 Å². The maximum atomic E-state index is 13.3. The fourth-order valence-electron chi connectivity index (χ4n) is 3.84. The van der Waals surface area contributed by atoms with Crippen molar-refractivity contribution in [3.63, 3.8) is 0 Å². The lowest BCUT2D eigenvalue weighted by atomic mass is 9.99. The van der Waals surface area contributed by atoms with Crippen LogP contribution in [0.25, 0.3) is 11.1 Å². The lowest BCUT2D eigenvalue weighted by Crippen LogP contribution is -2.24. The van der Waals surface area contributed by atoms with Gasteiger partial charge in [-0.3, -0.25) is 4.79 Å². The monoisotopic (exact) mass is 577 g/mol. The summed E-state index contributed by atoms with van der Waals surface area (Å²) in [6.45, 7) is -0.238. The highest BCUT2D eigenvalue weighted by Crippen LogP contribution is 2.40. The van der Waals surface area contributed by atoms with Crippen LogP contribution in [0.15, 0.2) is 71.2 Å². The number of hydrogen-bond acceptors (Lipinski definition) is 3. The Hall–Kier alpha value is -3.33. The van der Waals surface area contributed by atoms with E-state index in [9.17, 15) is 22.8 Å². The van der Waals surface area contributed by atoms with Crippen LogP contribution in [0, 0.1) is 0 Å². The van der Waals surface area contributed by atoms with Gasteiger partial charge in [0.25, 0.3) is 5.91 Å². The SMILES string of the molecule is O=C(O)COc1c(Br)cc(C(=O)NCCCCCCc2ccccc2)cc1-c1cccc(C(F)(F)F)c1. The van der Waals surface area contributed by atoms with Crippen LogP contribution in [-0.4, -0.2) is 30.1 Å². The van der Waals surface area contributed by atoms with Crippen LogP contribution in [-0.2, 0) is 17.4 Å². The number of rotatable bonds is 12. The molecule has 0 radical (unpaired) electrons. The van der Waals surface area contributed by atoms with Crippen molar-refractivity contribution in [3.05, 3.63) is 87.9 Å². The number of alkyl halides is 3. The van der Waals surface area contributed by atoms with Gasteiger partial charge in [0.05, 0.1) is 10.0 Å². The molecule has 0 saturated heterocycles. The van der Waals surface area contributed by atoms with Gasteiger partial charge in [-0.05, 0) is 70.6 Å². The van der Waals surface area contributed by atoms with E-state index in [1.165, 1.54) is 29.8 Å². The molecule has 0 aliphatic rings. The lowest BCUT2D eigenvalue weighted by molar-refractivity contribution is -0.139. The molecule has 0 saturated carbocycles. The molecule has 37 heavy (non-hydrogen) atoms. The highest BCUT2D eigenvalue weighted by molar-refractivity contribution is 9.10. The number of hydrogen-bond donors (Lipinski definition) is 2. The van der Waals surface area contributed by atoms with Gasteiger partial charge in [0.15, 0.2) is 6.61 Å². The predicted molar refractivity (Wildman–Crippen MR) is 139 cm³/mol. The molecular formula is C28H27BrF3NO4. The molecule has 0 heterocycles. The summed E-state index contributed by atoms with van der Waals surface area (Å²) in [5, 5.41) is 11.8. The van der Waals surface area contributed by atoms with Crippen LogP contribution in [0.4, 0.5) is 13.2 Å². The molecule has 0 atom stereocenters. The molecule has 0 aromatic heterocycles. The molecule has 0 aliphatic heterocycles. The summed E-state index contributed by atoms with van der Waals surface area (Å²) in [7, 11) is 0. The summed E-state index contributed by atoms with van der Waals surface area (Å²) in [5.41, 5.74) is 0.962. The molecule has 3 rings (SSSR count). The number of aryl methyl sites for hydroxylation is 1. The van der Waals surface area contributed by atoms with Crippen molar-refractivity contribution in [3.8, 4) is 16.9 Å². The predicted octanol–water partition coefficient (Wildman–Crippen LogP) is 7.13. The van der Waals surface area contributed by atoms with Gasteiger partial charge in [-0.25, -0.2) is 4.79 Å². The first-order valence-corrected chi connectivity index (χ1v) is 12.6. The number of carbonyl (C=O) groups is 2. The van der Waals surface area contributed by atoms with Crippen LogP contribution in [0.3, 0.4) is 0 Å². The molecule has 9 heteroatoms. The molecule has 196 valence electrons. The fourth-order valence-corrected chi connectivity index (χ4v) is 4.41. The van der Waals surface area contributed by atoms with Gasteiger partial charge >= 0.3 is 12.1 Å². The first-order valence-electron chi connectivity index (χ1n) is 11.8. The van der Waals surface area contributed by atoms with E-state index in [0.717, 1.165) is 44.2 Å². The van der Waals surface area contributed by atoms with E-state index in [-0.39, 0.29) is 32.8 Å². The zero-order chi connectivity index (χ0) is 26.8. The third-order valence-corrected chi connectivity index (χ3v) is 6.26. The highest BCUT2D eigenvalue weighted by Gasteiger charge is 2.31. The van der Waals surface area contributed by atoms with Crippen molar-refractivity contribution in [1.82, 2.24) is 5.32 Å². The Morgan fingerprint density at radius 2 is 1.65 bits per heavy atom. The Morgan fingerprint density at radius 3 is 2.35 bits per heavy atom. The first-order chi connectivity index (χ1) is 17.6. The average molecular weight is 578 g/mol. The minimum atomic E-state index is -4.56. The van der Waals surface area contributed by atoms with E-state index in [1.807, 2.05) is 18.2 Å². The molecular weight excluding hydrogens is 551 g/mol. The van der Waals surface area contributed by atoms with Crippen molar-refractivity contribution in [1.29, 1.82) is 0 Å². The Morgan fingerprint density at radius 1 is 0.919 bits per heavy atom. The van der Waals surface area contributed by atoms with Gasteiger partial charge in [-0.15, -0.1) is 0 Å². The van der Waals surface area contributed by atoms with Crippen molar-refractivity contribution in [2.75, 3.05) is 13.2 Å². The summed E-state index contributed by atoms with van der Waals surface area (Å²) >= 11 is 3.28. The quantitative estimate of drug-likeness (QED) is 0.224. The van der Waals surface area contributed by atoms with E-state index in [4.69, 9.17) is 9.84 Å². The number of unbranched alkanes of at least 4 members (excludes halogenated alkanes) is 3. The molecule has 0 fully saturated rings. The van der Waals surface area contributed by atoms with Crippen LogP contribution >= 0.6 is 15.9 Å². The zero-order valence-corrected chi connectivity index (χ0v) is 21.6. The standard InChI is InChI=1S/C28H27BrF3NO4/c29-24-17-21(27(36)33-14-7-2-1-4-9-19-10-5-3-6-11-19)16-23(26(24)37-18-25(34)35)20-12-8-13-22(15-20)28(30,31)32/h3,5-6,8,10-13,15-17H,1-2,4,7,9,14,18H2,(H,33,36)(H,34,35). The smallest absolute Gasteiger partial charge is 0.416 e. The molecule has 3 aromatic rings. The van der Waals surface area contributed by atoms with Crippen LogP contribution < -0.4 is 10.1 Å². The van der Waals surface area contributed by atoms with Gasteiger partial charge in [0.1, 0.15) is 5.75 Å². The molecule has 2 N–H and O–H groups in total. The number of ether oxygens (including phenoxy) is 1. The van der Waals surface area contributed by atoms with Gasteiger partial charge in [-0.1, -0.05) is 55.3 Å². The van der Waals surface area contributed by atoms with Crippen molar-refractivity contribution < 1.29 is 32.6 Å². The van der Waals surface area contributed by atoms with Crippen LogP contribution in [0.2, 0.25) is 0 Å². The van der Waals surface area contributed by atoms with Gasteiger partial charge in [0, 0.05) is 17.7 Å². The summed E-state index contributed by atoms with van der Waals surface area (Å²) < 4.78 is 45.5. The second-order valence-electron chi connectivity index (χ2n) is 8.50. The Labute approximate surface area is 221 Å². The topological polar surface area (TPSA) is 75.6 Å². The second kappa shape index (κ2) is 13.3. The summed E-state index contributed by atoms with van der Waals surface area (Å²) in [4.78, 5) is 23.8. The number of carboxylic acids is 1. The third kappa shape index (κ3) is 8.63. The minimum absolute atomic E-state index is 0.0386. The molecule has 0 bridgehead atoms. The highest BCUT2D eigenvalue weighted by atomic mass is 79.9. The van der Waals surface area contributed by atoms with Crippen molar-refractivity contribution in [2.45, 2.75) is 38.3 Å². The van der Waals surface area contributed by atoms with Gasteiger partial charge in [-0.2, -0.15) is 13.2 Å². The molecule has 1 amide bonds. The Balaban J connectivity index is 1.67. The number of halogens is 4. The molecule has 0 unspecified atom stereocenters. The second-order valence-corrected chi connectivity index (χ2v) is 9.36. The molecule has 0 spiro atoms. The Bertz CT molecular complexity index is 1220. The lowest BCUT2D eigenvalue weighted by Gasteiger charge is -2.16. The number of benzene rings is 3. The maximum absolute atomic E-state index is 13.3. The largest absolute Gasteiger partial charge is 0.480 e. The maximum Gasteiger partial charge on any atom is 0.416 e. The molecule has 5 nitrogen and oxygen atoms in total. The summed E-state index contributed by atoms with van der Waals surface area (Å²) in [6, 6.07) is 17.7. The average Bonchev–Trinajstić information content (AvgIpc) is 2.87. The third-order valence-electron chi connectivity index (χ3n) is 5.67.